The van der Waals surface area contributed by atoms with Gasteiger partial charge in [0.25, 0.3) is 15.7 Å². The molecule has 150 valence electrons. The predicted molar refractivity (Wildman–Crippen MR) is 102 cm³/mol. The van der Waals surface area contributed by atoms with E-state index in [1.165, 1.54) is 37.4 Å². The molecule has 0 aliphatic rings. The molecule has 2 aromatic carbocycles. The highest BCUT2D eigenvalue weighted by Gasteiger charge is 2.23. The number of carbonyl (C=O) groups excluding carboxylic acids is 1. The van der Waals surface area contributed by atoms with Gasteiger partial charge in [-0.3, -0.25) is 14.8 Å². The van der Waals surface area contributed by atoms with Crippen LogP contribution in [-0.2, 0) is 14.8 Å². The summed E-state index contributed by atoms with van der Waals surface area (Å²) in [5.41, 5.74) is 0.0806. The maximum absolute atomic E-state index is 12.6. The van der Waals surface area contributed by atoms with E-state index in [1.54, 1.807) is 0 Å². The van der Waals surface area contributed by atoms with E-state index in [0.717, 1.165) is 25.0 Å². The van der Waals surface area contributed by atoms with Crippen molar-refractivity contribution in [2.75, 3.05) is 18.4 Å². The molecule has 0 radical (unpaired) electrons. The molecule has 0 saturated heterocycles. The minimum absolute atomic E-state index is 0.0331. The number of nitrogens with zero attached hydrogens (tertiary/aromatic N) is 1. The third kappa shape index (κ3) is 5.19. The highest BCUT2D eigenvalue weighted by Crippen LogP contribution is 2.29. The number of carbonyl (C=O) groups is 1. The van der Waals surface area contributed by atoms with Crippen molar-refractivity contribution >= 4 is 27.4 Å². The molecule has 0 saturated carbocycles. The lowest BCUT2D eigenvalue weighted by atomic mass is 10.2. The second-order valence-electron chi connectivity index (χ2n) is 5.76. The van der Waals surface area contributed by atoms with Gasteiger partial charge in [0.2, 0.25) is 0 Å². The minimum atomic E-state index is -4.16. The van der Waals surface area contributed by atoms with E-state index in [4.69, 9.17) is 9.47 Å². The van der Waals surface area contributed by atoms with E-state index in [-0.39, 0.29) is 27.6 Å². The molecule has 0 aromatic heterocycles. The SMILES string of the molecule is CCCCOC(=O)c1ccc(NS(=O)(=O)c2cc([N+](=O)[O-])ccc2OC)cc1. The molecule has 0 aliphatic heterocycles. The summed E-state index contributed by atoms with van der Waals surface area (Å²) in [5.74, 6) is -0.530. The summed E-state index contributed by atoms with van der Waals surface area (Å²) in [5, 5.41) is 10.9. The number of ether oxygens (including phenoxy) is 2. The molecule has 0 atom stereocenters. The molecule has 1 N–H and O–H groups in total. The molecule has 2 aromatic rings. The van der Waals surface area contributed by atoms with Gasteiger partial charge in [-0.1, -0.05) is 13.3 Å². The van der Waals surface area contributed by atoms with Gasteiger partial charge in [-0.2, -0.15) is 0 Å². The first-order chi connectivity index (χ1) is 13.3. The van der Waals surface area contributed by atoms with Crippen LogP contribution in [0, 0.1) is 10.1 Å². The summed E-state index contributed by atoms with van der Waals surface area (Å²) in [6, 6.07) is 8.93. The number of hydrogen-bond donors (Lipinski definition) is 1. The number of rotatable bonds is 9. The van der Waals surface area contributed by atoms with Crippen molar-refractivity contribution in [3.05, 3.63) is 58.1 Å². The Balaban J connectivity index is 2.22. The number of benzene rings is 2. The molecule has 2 rings (SSSR count). The predicted octanol–water partition coefficient (Wildman–Crippen LogP) is 3.36. The summed E-state index contributed by atoms with van der Waals surface area (Å²) in [6.07, 6.45) is 1.66. The quantitative estimate of drug-likeness (QED) is 0.292. The molecule has 28 heavy (non-hydrogen) atoms. The number of nitro benzene ring substituents is 1. The van der Waals surface area contributed by atoms with Crippen molar-refractivity contribution in [2.45, 2.75) is 24.7 Å². The second kappa shape index (κ2) is 9.18. The number of anilines is 1. The molecular formula is C18H20N2O7S. The Kier molecular flexibility index (Phi) is 6.94. The molecule has 0 aliphatic carbocycles. The molecule has 0 bridgehead atoms. The molecule has 10 heteroatoms. The average Bonchev–Trinajstić information content (AvgIpc) is 2.67. The maximum atomic E-state index is 12.6. The zero-order valence-electron chi connectivity index (χ0n) is 15.4. The first-order valence-corrected chi connectivity index (χ1v) is 9.89. The molecule has 0 heterocycles. The third-order valence-electron chi connectivity index (χ3n) is 3.75. The van der Waals surface area contributed by atoms with Gasteiger partial charge >= 0.3 is 5.97 Å². The number of unbranched alkanes of at least 4 members (excludes halogenated alkanes) is 1. The van der Waals surface area contributed by atoms with Crippen LogP contribution in [0.2, 0.25) is 0 Å². The van der Waals surface area contributed by atoms with Gasteiger partial charge in [-0.25, -0.2) is 13.2 Å². The van der Waals surface area contributed by atoms with Crippen LogP contribution in [0.4, 0.5) is 11.4 Å². The Labute approximate surface area is 162 Å². The standard InChI is InChI=1S/C18H20N2O7S/c1-3-4-11-27-18(21)13-5-7-14(8-6-13)19-28(24,25)17-12-15(20(22)23)9-10-16(17)26-2/h5-10,12,19H,3-4,11H2,1-2H3. The van der Waals surface area contributed by atoms with Crippen LogP contribution in [0.5, 0.6) is 5.75 Å². The van der Waals surface area contributed by atoms with Gasteiger partial charge in [-0.05, 0) is 36.8 Å². The first kappa shape index (κ1) is 21.2. The Morgan fingerprint density at radius 1 is 1.18 bits per heavy atom. The fourth-order valence-electron chi connectivity index (χ4n) is 2.27. The number of esters is 1. The Hall–Kier alpha value is -3.14. The smallest absolute Gasteiger partial charge is 0.338 e. The van der Waals surface area contributed by atoms with Crippen molar-refractivity contribution in [3.63, 3.8) is 0 Å². The zero-order chi connectivity index (χ0) is 20.7. The van der Waals surface area contributed by atoms with E-state index in [2.05, 4.69) is 4.72 Å². The number of methoxy groups -OCH3 is 1. The molecule has 0 unspecified atom stereocenters. The highest BCUT2D eigenvalue weighted by molar-refractivity contribution is 7.92. The molecular weight excluding hydrogens is 388 g/mol. The molecule has 9 nitrogen and oxygen atoms in total. The Bertz CT molecular complexity index is 956. The van der Waals surface area contributed by atoms with Crippen molar-refractivity contribution in [2.24, 2.45) is 0 Å². The fourth-order valence-corrected chi connectivity index (χ4v) is 3.51. The van der Waals surface area contributed by atoms with Gasteiger partial charge < -0.3 is 9.47 Å². The van der Waals surface area contributed by atoms with Gasteiger partial charge in [0.05, 0.1) is 24.2 Å². The van der Waals surface area contributed by atoms with E-state index in [0.29, 0.717) is 6.61 Å². The van der Waals surface area contributed by atoms with Crippen LogP contribution >= 0.6 is 0 Å². The van der Waals surface area contributed by atoms with E-state index < -0.39 is 20.9 Å². The third-order valence-corrected chi connectivity index (χ3v) is 5.15. The van der Waals surface area contributed by atoms with E-state index in [9.17, 15) is 23.3 Å². The van der Waals surface area contributed by atoms with Crippen molar-refractivity contribution in [1.82, 2.24) is 0 Å². The largest absolute Gasteiger partial charge is 0.495 e. The van der Waals surface area contributed by atoms with Gasteiger partial charge in [0.1, 0.15) is 10.6 Å². The van der Waals surface area contributed by atoms with Gasteiger partial charge in [0, 0.05) is 17.8 Å². The monoisotopic (exact) mass is 408 g/mol. The molecule has 0 amide bonds. The van der Waals surface area contributed by atoms with Crippen LogP contribution in [0.15, 0.2) is 47.4 Å². The summed E-state index contributed by atoms with van der Waals surface area (Å²) >= 11 is 0. The summed E-state index contributed by atoms with van der Waals surface area (Å²) in [7, 11) is -2.90. The van der Waals surface area contributed by atoms with E-state index >= 15 is 0 Å². The second-order valence-corrected chi connectivity index (χ2v) is 7.42. The summed E-state index contributed by atoms with van der Waals surface area (Å²) in [6.45, 7) is 2.29. The van der Waals surface area contributed by atoms with Gasteiger partial charge in [-0.15, -0.1) is 0 Å². The normalized spacial score (nSPS) is 10.9. The topological polar surface area (TPSA) is 125 Å². The minimum Gasteiger partial charge on any atom is -0.495 e. The average molecular weight is 408 g/mol. The fraction of sp³-hybridized carbons (Fsp3) is 0.278. The number of hydrogen-bond acceptors (Lipinski definition) is 7. The Morgan fingerprint density at radius 2 is 1.86 bits per heavy atom. The maximum Gasteiger partial charge on any atom is 0.338 e. The van der Waals surface area contributed by atoms with Crippen LogP contribution in [-0.4, -0.2) is 33.0 Å². The summed E-state index contributed by atoms with van der Waals surface area (Å²) < 4.78 is 37.7. The van der Waals surface area contributed by atoms with Crippen LogP contribution in [0.1, 0.15) is 30.1 Å². The first-order valence-electron chi connectivity index (χ1n) is 8.41. The lowest BCUT2D eigenvalue weighted by Crippen LogP contribution is -2.14. The summed E-state index contributed by atoms with van der Waals surface area (Å²) in [4.78, 5) is 21.8. The number of nitrogens with one attached hydrogen (secondary N) is 1. The zero-order valence-corrected chi connectivity index (χ0v) is 16.2. The lowest BCUT2D eigenvalue weighted by molar-refractivity contribution is -0.385. The number of non-ortho nitro benzene ring substituents is 1. The van der Waals surface area contributed by atoms with Crippen LogP contribution in [0.25, 0.3) is 0 Å². The van der Waals surface area contributed by atoms with Crippen LogP contribution in [0.3, 0.4) is 0 Å². The lowest BCUT2D eigenvalue weighted by Gasteiger charge is -2.12. The molecule has 0 spiro atoms. The van der Waals surface area contributed by atoms with Crippen LogP contribution < -0.4 is 9.46 Å². The van der Waals surface area contributed by atoms with Crippen molar-refractivity contribution < 1.29 is 27.6 Å². The van der Waals surface area contributed by atoms with Crippen molar-refractivity contribution in [1.29, 1.82) is 0 Å². The number of sulfonamides is 1. The number of nitro groups is 1. The Morgan fingerprint density at radius 3 is 2.43 bits per heavy atom. The van der Waals surface area contributed by atoms with Gasteiger partial charge in [0.15, 0.2) is 0 Å². The van der Waals surface area contributed by atoms with E-state index in [1.807, 2.05) is 6.92 Å². The highest BCUT2D eigenvalue weighted by atomic mass is 32.2. The van der Waals surface area contributed by atoms with Crippen molar-refractivity contribution in [3.8, 4) is 5.75 Å². The molecule has 0 fully saturated rings.